The lowest BCUT2D eigenvalue weighted by atomic mass is 10.0. The third-order valence-electron chi connectivity index (χ3n) is 5.64. The monoisotopic (exact) mass is 477 g/mol. The molecule has 1 aliphatic rings. The molecule has 9 heteroatoms. The van der Waals surface area contributed by atoms with Crippen molar-refractivity contribution in [2.24, 2.45) is 0 Å². The number of carbonyl (C=O) groups is 1. The van der Waals surface area contributed by atoms with Gasteiger partial charge < -0.3 is 10.1 Å². The first-order chi connectivity index (χ1) is 16.4. The standard InChI is InChI=1S/C25H23N3O5S/c1-33-22-9-5-18(6-10-22)19-7-11-23(12-8-19)34(31,32)28-15-13-20(16-21(28)17-29)27-25(30)24-4-2-3-14-26-24/h2-12,14,20H,13,15-16H2,1H3,(H,27,30)/t20-/m1/s1. The molecule has 34 heavy (non-hydrogen) atoms. The van der Waals surface area contributed by atoms with Gasteiger partial charge in [0.25, 0.3) is 15.9 Å². The highest BCUT2D eigenvalue weighted by atomic mass is 32.2. The van der Waals surface area contributed by atoms with Gasteiger partial charge in [0.1, 0.15) is 23.1 Å². The first-order valence-corrected chi connectivity index (χ1v) is 12.1. The van der Waals surface area contributed by atoms with Crippen LogP contribution in [-0.4, -0.2) is 49.3 Å². The molecule has 0 bridgehead atoms. The molecule has 1 amide bonds. The van der Waals surface area contributed by atoms with Gasteiger partial charge in [-0.2, -0.15) is 0 Å². The quantitative estimate of drug-likeness (QED) is 0.547. The third kappa shape index (κ3) is 4.85. The molecule has 1 atom stereocenters. The summed E-state index contributed by atoms with van der Waals surface area (Å²) in [5.41, 5.74) is 2.01. The SMILES string of the molecule is COc1ccc(-c2ccc(S(=O)(=O)N3CC[C@@H](NC(=O)c4ccccn4)CC3=C=O)cc2)cc1. The summed E-state index contributed by atoms with van der Waals surface area (Å²) in [5, 5.41) is 2.81. The fraction of sp³-hybridized carbons (Fsp3) is 0.200. The zero-order valence-corrected chi connectivity index (χ0v) is 19.3. The molecule has 0 radical (unpaired) electrons. The summed E-state index contributed by atoms with van der Waals surface area (Å²) in [5.74, 6) is 2.11. The summed E-state index contributed by atoms with van der Waals surface area (Å²) in [6.45, 7) is 0.0559. The number of ether oxygens (including phenoxy) is 1. The minimum atomic E-state index is -3.95. The van der Waals surface area contributed by atoms with Crippen molar-refractivity contribution >= 4 is 21.9 Å². The van der Waals surface area contributed by atoms with E-state index in [1.54, 1.807) is 43.4 Å². The van der Waals surface area contributed by atoms with Crippen LogP contribution < -0.4 is 10.1 Å². The van der Waals surface area contributed by atoms with Crippen LogP contribution >= 0.6 is 0 Å². The highest BCUT2D eigenvalue weighted by Gasteiger charge is 2.34. The van der Waals surface area contributed by atoms with Gasteiger partial charge in [0.15, 0.2) is 0 Å². The van der Waals surface area contributed by atoms with Crippen LogP contribution in [0.15, 0.2) is 83.5 Å². The number of nitrogens with one attached hydrogen (secondary N) is 1. The minimum Gasteiger partial charge on any atom is -0.497 e. The molecular weight excluding hydrogens is 454 g/mol. The average Bonchev–Trinajstić information content (AvgIpc) is 2.89. The normalized spacial score (nSPS) is 16.0. The van der Waals surface area contributed by atoms with E-state index in [0.717, 1.165) is 21.2 Å². The molecule has 8 nitrogen and oxygen atoms in total. The summed E-state index contributed by atoms with van der Waals surface area (Å²) in [6.07, 6.45) is 1.93. The number of hydrogen-bond acceptors (Lipinski definition) is 6. The molecule has 0 aliphatic carbocycles. The van der Waals surface area contributed by atoms with Gasteiger partial charge in [-0.05, 0) is 53.9 Å². The number of aromatic nitrogens is 1. The molecule has 0 spiro atoms. The lowest BCUT2D eigenvalue weighted by Crippen LogP contribution is -2.45. The van der Waals surface area contributed by atoms with Gasteiger partial charge in [0.05, 0.1) is 12.0 Å². The van der Waals surface area contributed by atoms with Crippen molar-refractivity contribution in [3.8, 4) is 16.9 Å². The molecule has 2 aromatic carbocycles. The van der Waals surface area contributed by atoms with E-state index in [1.165, 1.54) is 18.3 Å². The number of benzene rings is 2. The summed E-state index contributed by atoms with van der Waals surface area (Å²) in [6, 6.07) is 18.5. The molecular formula is C25H23N3O5S. The fourth-order valence-electron chi connectivity index (χ4n) is 3.81. The van der Waals surface area contributed by atoms with Gasteiger partial charge in [0, 0.05) is 25.2 Å². The molecule has 2 heterocycles. The maximum atomic E-state index is 13.3. The minimum absolute atomic E-state index is 0.0169. The predicted octanol–water partition coefficient (Wildman–Crippen LogP) is 3.06. The van der Waals surface area contributed by atoms with E-state index in [2.05, 4.69) is 10.3 Å². The molecule has 1 fully saturated rings. The van der Waals surface area contributed by atoms with Gasteiger partial charge in [0.2, 0.25) is 0 Å². The van der Waals surface area contributed by atoms with E-state index in [1.807, 2.05) is 24.3 Å². The fourth-order valence-corrected chi connectivity index (χ4v) is 5.30. The van der Waals surface area contributed by atoms with Crippen molar-refractivity contribution in [1.82, 2.24) is 14.6 Å². The third-order valence-corrected chi connectivity index (χ3v) is 7.49. The number of amides is 1. The summed E-state index contributed by atoms with van der Waals surface area (Å²) >= 11 is 0. The molecule has 0 saturated carbocycles. The van der Waals surface area contributed by atoms with Crippen molar-refractivity contribution in [2.75, 3.05) is 13.7 Å². The van der Waals surface area contributed by atoms with Crippen molar-refractivity contribution in [3.05, 3.63) is 84.3 Å². The smallest absolute Gasteiger partial charge is 0.270 e. The van der Waals surface area contributed by atoms with E-state index < -0.39 is 16.1 Å². The number of pyridine rings is 1. The Bertz CT molecular complexity index is 1320. The second-order valence-electron chi connectivity index (χ2n) is 7.76. The van der Waals surface area contributed by atoms with Gasteiger partial charge >= 0.3 is 0 Å². The summed E-state index contributed by atoms with van der Waals surface area (Å²) < 4.78 is 32.7. The number of nitrogens with zero attached hydrogens (tertiary/aromatic N) is 2. The Morgan fingerprint density at radius 1 is 1.06 bits per heavy atom. The molecule has 0 unspecified atom stereocenters. The van der Waals surface area contributed by atoms with E-state index in [-0.39, 0.29) is 35.2 Å². The van der Waals surface area contributed by atoms with E-state index in [4.69, 9.17) is 4.74 Å². The number of sulfonamides is 1. The van der Waals surface area contributed by atoms with Gasteiger partial charge in [-0.3, -0.25) is 14.1 Å². The maximum absolute atomic E-state index is 13.3. The highest BCUT2D eigenvalue weighted by molar-refractivity contribution is 7.89. The Morgan fingerprint density at radius 2 is 1.74 bits per heavy atom. The highest BCUT2D eigenvalue weighted by Crippen LogP contribution is 2.29. The van der Waals surface area contributed by atoms with Crippen LogP contribution in [0.5, 0.6) is 5.75 Å². The van der Waals surface area contributed by atoms with Crippen molar-refractivity contribution < 1.29 is 22.7 Å². The number of methoxy groups -OCH3 is 1. The second kappa shape index (κ2) is 9.91. The first-order valence-electron chi connectivity index (χ1n) is 10.7. The van der Waals surface area contributed by atoms with Crippen LogP contribution in [0.2, 0.25) is 0 Å². The van der Waals surface area contributed by atoms with Crippen LogP contribution in [0.1, 0.15) is 23.3 Å². The zero-order chi connectivity index (χ0) is 24.1. The number of piperidine rings is 1. The van der Waals surface area contributed by atoms with Crippen molar-refractivity contribution in [2.45, 2.75) is 23.8 Å². The van der Waals surface area contributed by atoms with Crippen LogP contribution in [-0.2, 0) is 14.8 Å². The Morgan fingerprint density at radius 3 is 2.32 bits per heavy atom. The molecule has 174 valence electrons. The van der Waals surface area contributed by atoms with Crippen molar-refractivity contribution in [1.29, 1.82) is 0 Å². The molecule has 1 aromatic heterocycles. The maximum Gasteiger partial charge on any atom is 0.270 e. The van der Waals surface area contributed by atoms with Crippen LogP contribution in [0.25, 0.3) is 11.1 Å². The molecule has 3 aromatic rings. The average molecular weight is 478 g/mol. The Kier molecular flexibility index (Phi) is 6.77. The van der Waals surface area contributed by atoms with Crippen LogP contribution in [0.4, 0.5) is 0 Å². The van der Waals surface area contributed by atoms with Gasteiger partial charge in [-0.1, -0.05) is 30.3 Å². The zero-order valence-electron chi connectivity index (χ0n) is 18.5. The number of hydrogen-bond donors (Lipinski definition) is 1. The van der Waals surface area contributed by atoms with Gasteiger partial charge in [-0.15, -0.1) is 0 Å². The second-order valence-corrected chi connectivity index (χ2v) is 9.62. The molecule has 1 saturated heterocycles. The number of carbonyl (C=O) groups excluding carboxylic acids is 2. The van der Waals surface area contributed by atoms with Crippen molar-refractivity contribution in [3.63, 3.8) is 0 Å². The van der Waals surface area contributed by atoms with Crippen LogP contribution in [0, 0.1) is 0 Å². The lowest BCUT2D eigenvalue weighted by Gasteiger charge is -2.33. The van der Waals surface area contributed by atoms with E-state index in [0.29, 0.717) is 6.42 Å². The molecule has 1 aliphatic heterocycles. The topological polar surface area (TPSA) is 106 Å². The molecule has 4 rings (SSSR count). The van der Waals surface area contributed by atoms with Gasteiger partial charge in [-0.25, -0.2) is 13.2 Å². The first kappa shape index (κ1) is 23.2. The molecule has 1 N–H and O–H groups in total. The van der Waals surface area contributed by atoms with E-state index in [9.17, 15) is 18.0 Å². The van der Waals surface area contributed by atoms with E-state index >= 15 is 0 Å². The summed E-state index contributed by atoms with van der Waals surface area (Å²) in [7, 11) is -2.36. The lowest BCUT2D eigenvalue weighted by molar-refractivity contribution is 0.0924. The Labute approximate surface area is 197 Å². The Hall–Kier alpha value is -3.94. The predicted molar refractivity (Wildman–Crippen MR) is 126 cm³/mol. The largest absolute Gasteiger partial charge is 0.497 e. The summed E-state index contributed by atoms with van der Waals surface area (Å²) in [4.78, 5) is 28.1. The Balaban J connectivity index is 1.47. The number of rotatable bonds is 6. The van der Waals surface area contributed by atoms with Crippen LogP contribution in [0.3, 0.4) is 0 Å².